The molecule has 0 radical (unpaired) electrons. The largest absolute Gasteiger partial charge is 0.371 e. The standard InChI is InChI=1S/C10H11ClN2O/c1-13(8-2-3-8)9-4-10(11)12-5-7(9)6-14/h4-6,8H,2-3H2,1H3. The van der Waals surface area contributed by atoms with Crippen LogP contribution in [0.15, 0.2) is 12.3 Å². The molecule has 4 heteroatoms. The summed E-state index contributed by atoms with van der Waals surface area (Å²) in [6.07, 6.45) is 4.71. The van der Waals surface area contributed by atoms with Crippen molar-refractivity contribution in [2.45, 2.75) is 18.9 Å². The van der Waals surface area contributed by atoms with Crippen LogP contribution in [-0.4, -0.2) is 24.4 Å². The van der Waals surface area contributed by atoms with Gasteiger partial charge in [-0.05, 0) is 18.9 Å². The molecule has 0 amide bonds. The zero-order chi connectivity index (χ0) is 10.1. The Morgan fingerprint density at radius 3 is 2.93 bits per heavy atom. The van der Waals surface area contributed by atoms with Crippen molar-refractivity contribution in [2.24, 2.45) is 0 Å². The molecule has 1 aromatic heterocycles. The molecule has 0 bridgehead atoms. The minimum absolute atomic E-state index is 0.429. The van der Waals surface area contributed by atoms with E-state index >= 15 is 0 Å². The molecular weight excluding hydrogens is 200 g/mol. The predicted octanol–water partition coefficient (Wildman–Crippen LogP) is 2.15. The summed E-state index contributed by atoms with van der Waals surface area (Å²) < 4.78 is 0. The van der Waals surface area contributed by atoms with Gasteiger partial charge in [-0.15, -0.1) is 0 Å². The van der Waals surface area contributed by atoms with Crippen LogP contribution in [0, 0.1) is 0 Å². The van der Waals surface area contributed by atoms with Crippen LogP contribution < -0.4 is 4.90 Å². The number of aldehydes is 1. The van der Waals surface area contributed by atoms with Crippen LogP contribution >= 0.6 is 11.6 Å². The molecule has 0 N–H and O–H groups in total. The molecule has 1 aliphatic rings. The van der Waals surface area contributed by atoms with E-state index in [9.17, 15) is 4.79 Å². The number of hydrogen-bond donors (Lipinski definition) is 0. The lowest BCUT2D eigenvalue weighted by Gasteiger charge is -2.20. The Morgan fingerprint density at radius 1 is 1.64 bits per heavy atom. The third-order valence-corrected chi connectivity index (χ3v) is 2.69. The van der Waals surface area contributed by atoms with Gasteiger partial charge in [0.25, 0.3) is 0 Å². The molecule has 0 aromatic carbocycles. The maximum absolute atomic E-state index is 10.8. The van der Waals surface area contributed by atoms with Crippen LogP contribution in [0.1, 0.15) is 23.2 Å². The highest BCUT2D eigenvalue weighted by Gasteiger charge is 2.27. The zero-order valence-electron chi connectivity index (χ0n) is 7.90. The van der Waals surface area contributed by atoms with Gasteiger partial charge in [0, 0.05) is 19.3 Å². The minimum Gasteiger partial charge on any atom is -0.371 e. The van der Waals surface area contributed by atoms with Crippen molar-refractivity contribution in [2.75, 3.05) is 11.9 Å². The van der Waals surface area contributed by atoms with Crippen LogP contribution in [-0.2, 0) is 0 Å². The Balaban J connectivity index is 2.37. The Kier molecular flexibility index (Phi) is 2.42. The quantitative estimate of drug-likeness (QED) is 0.566. The second kappa shape index (κ2) is 3.58. The summed E-state index contributed by atoms with van der Waals surface area (Å²) in [5.74, 6) is 0. The third-order valence-electron chi connectivity index (χ3n) is 2.48. The maximum atomic E-state index is 10.8. The van der Waals surface area contributed by atoms with Crippen molar-refractivity contribution in [1.82, 2.24) is 4.98 Å². The predicted molar refractivity (Wildman–Crippen MR) is 56.1 cm³/mol. The molecule has 0 spiro atoms. The van der Waals surface area contributed by atoms with E-state index in [1.165, 1.54) is 19.0 Å². The highest BCUT2D eigenvalue weighted by Crippen LogP contribution is 2.32. The van der Waals surface area contributed by atoms with Crippen molar-refractivity contribution in [3.05, 3.63) is 23.0 Å². The fraction of sp³-hybridized carbons (Fsp3) is 0.400. The molecule has 1 fully saturated rings. The molecule has 0 saturated heterocycles. The fourth-order valence-electron chi connectivity index (χ4n) is 1.49. The van der Waals surface area contributed by atoms with E-state index in [-0.39, 0.29) is 0 Å². The van der Waals surface area contributed by atoms with Gasteiger partial charge in [-0.3, -0.25) is 4.79 Å². The Morgan fingerprint density at radius 2 is 2.36 bits per heavy atom. The number of halogens is 1. The molecular formula is C10H11ClN2O. The van der Waals surface area contributed by atoms with Gasteiger partial charge in [-0.1, -0.05) is 11.6 Å². The summed E-state index contributed by atoms with van der Waals surface area (Å²) in [5.41, 5.74) is 1.48. The second-order valence-electron chi connectivity index (χ2n) is 3.53. The molecule has 1 aromatic rings. The molecule has 74 valence electrons. The van der Waals surface area contributed by atoms with Crippen molar-refractivity contribution in [1.29, 1.82) is 0 Å². The molecule has 0 aliphatic heterocycles. The average Bonchev–Trinajstić information content (AvgIpc) is 3.00. The molecule has 0 atom stereocenters. The summed E-state index contributed by atoms with van der Waals surface area (Å²) in [4.78, 5) is 16.8. The van der Waals surface area contributed by atoms with Gasteiger partial charge in [0.2, 0.25) is 0 Å². The Hall–Kier alpha value is -1.09. The lowest BCUT2D eigenvalue weighted by molar-refractivity contribution is 0.112. The molecule has 3 nitrogen and oxygen atoms in total. The van der Waals surface area contributed by atoms with Crippen LogP contribution in [0.25, 0.3) is 0 Å². The second-order valence-corrected chi connectivity index (χ2v) is 3.91. The monoisotopic (exact) mass is 210 g/mol. The van der Waals surface area contributed by atoms with Crippen LogP contribution in [0.2, 0.25) is 5.15 Å². The number of rotatable bonds is 3. The first-order valence-electron chi connectivity index (χ1n) is 4.56. The van der Waals surface area contributed by atoms with E-state index in [2.05, 4.69) is 9.88 Å². The molecule has 1 aliphatic carbocycles. The maximum Gasteiger partial charge on any atom is 0.153 e. The molecule has 1 saturated carbocycles. The van der Waals surface area contributed by atoms with Gasteiger partial charge in [-0.25, -0.2) is 4.98 Å². The SMILES string of the molecule is CN(c1cc(Cl)ncc1C=O)C1CC1. The van der Waals surface area contributed by atoms with Crippen molar-refractivity contribution in [3.63, 3.8) is 0 Å². The zero-order valence-corrected chi connectivity index (χ0v) is 8.66. The Bertz CT molecular complexity index is 363. The number of hydrogen-bond acceptors (Lipinski definition) is 3. The highest BCUT2D eigenvalue weighted by molar-refractivity contribution is 6.29. The van der Waals surface area contributed by atoms with Gasteiger partial charge >= 0.3 is 0 Å². The van der Waals surface area contributed by atoms with Crippen molar-refractivity contribution in [3.8, 4) is 0 Å². The highest BCUT2D eigenvalue weighted by atomic mass is 35.5. The molecule has 1 heterocycles. The van der Waals surface area contributed by atoms with Crippen LogP contribution in [0.4, 0.5) is 5.69 Å². The van der Waals surface area contributed by atoms with E-state index < -0.39 is 0 Å². The van der Waals surface area contributed by atoms with Gasteiger partial charge in [0.15, 0.2) is 6.29 Å². The van der Waals surface area contributed by atoms with Gasteiger partial charge in [0.05, 0.1) is 11.3 Å². The number of anilines is 1. The van der Waals surface area contributed by atoms with Crippen LogP contribution in [0.3, 0.4) is 0 Å². The minimum atomic E-state index is 0.429. The van der Waals surface area contributed by atoms with E-state index in [0.717, 1.165) is 12.0 Å². The van der Waals surface area contributed by atoms with Gasteiger partial charge in [0.1, 0.15) is 5.15 Å². The number of nitrogens with zero attached hydrogens (tertiary/aromatic N) is 2. The van der Waals surface area contributed by atoms with Gasteiger partial charge in [-0.2, -0.15) is 0 Å². The topological polar surface area (TPSA) is 33.2 Å². The summed E-state index contributed by atoms with van der Waals surface area (Å²) in [7, 11) is 1.98. The first kappa shape index (κ1) is 9.46. The first-order chi connectivity index (χ1) is 6.72. The number of aromatic nitrogens is 1. The number of carbonyl (C=O) groups excluding carboxylic acids is 1. The summed E-state index contributed by atoms with van der Waals surface area (Å²) in [5, 5.41) is 0.429. The van der Waals surface area contributed by atoms with Crippen molar-refractivity contribution >= 4 is 23.6 Å². The number of pyridine rings is 1. The van der Waals surface area contributed by atoms with E-state index in [1.807, 2.05) is 7.05 Å². The van der Waals surface area contributed by atoms with E-state index in [1.54, 1.807) is 6.07 Å². The van der Waals surface area contributed by atoms with Gasteiger partial charge < -0.3 is 4.90 Å². The lowest BCUT2D eigenvalue weighted by Crippen LogP contribution is -2.20. The smallest absolute Gasteiger partial charge is 0.153 e. The van der Waals surface area contributed by atoms with E-state index in [0.29, 0.717) is 16.8 Å². The molecule has 2 rings (SSSR count). The first-order valence-corrected chi connectivity index (χ1v) is 4.93. The van der Waals surface area contributed by atoms with Crippen LogP contribution in [0.5, 0.6) is 0 Å². The normalized spacial score (nSPS) is 15.3. The fourth-order valence-corrected chi connectivity index (χ4v) is 1.64. The summed E-state index contributed by atoms with van der Waals surface area (Å²) in [6, 6.07) is 2.30. The van der Waals surface area contributed by atoms with E-state index in [4.69, 9.17) is 11.6 Å². The lowest BCUT2D eigenvalue weighted by atomic mass is 10.2. The number of carbonyl (C=O) groups is 1. The summed E-state index contributed by atoms with van der Waals surface area (Å²) in [6.45, 7) is 0. The summed E-state index contributed by atoms with van der Waals surface area (Å²) >= 11 is 5.79. The average molecular weight is 211 g/mol. The molecule has 0 unspecified atom stereocenters. The molecule has 14 heavy (non-hydrogen) atoms. The Labute approximate surface area is 87.7 Å². The van der Waals surface area contributed by atoms with Crippen molar-refractivity contribution < 1.29 is 4.79 Å². The third kappa shape index (κ3) is 1.73.